The molecule has 3 nitrogen and oxygen atoms in total. The molecule has 2 aromatic rings. The highest BCUT2D eigenvalue weighted by Crippen LogP contribution is 2.34. The van der Waals surface area contributed by atoms with Crippen molar-refractivity contribution in [2.24, 2.45) is 0 Å². The van der Waals surface area contributed by atoms with Crippen molar-refractivity contribution in [2.45, 2.75) is 31.1 Å². The van der Waals surface area contributed by atoms with Crippen LogP contribution in [0.4, 0.5) is 0 Å². The van der Waals surface area contributed by atoms with Gasteiger partial charge in [-0.15, -0.1) is 0 Å². The van der Waals surface area contributed by atoms with E-state index in [1.165, 1.54) is 5.56 Å². The number of ether oxygens (including phenoxy) is 1. The molecule has 1 fully saturated rings. The van der Waals surface area contributed by atoms with Crippen molar-refractivity contribution in [1.82, 2.24) is 5.32 Å². The van der Waals surface area contributed by atoms with Gasteiger partial charge in [0.25, 0.3) is 0 Å². The van der Waals surface area contributed by atoms with Gasteiger partial charge >= 0.3 is 0 Å². The molecule has 1 unspecified atom stereocenters. The molecular weight excluding hydrogens is 334 g/mol. The minimum Gasteiger partial charge on any atom is -0.381 e. The summed E-state index contributed by atoms with van der Waals surface area (Å²) in [5.41, 5.74) is 2.21. The average Bonchev–Trinajstić information content (AvgIpc) is 2.89. The van der Waals surface area contributed by atoms with E-state index in [0.717, 1.165) is 38.0 Å². The van der Waals surface area contributed by atoms with Crippen molar-refractivity contribution in [3.05, 3.63) is 70.7 Å². The van der Waals surface area contributed by atoms with Crippen LogP contribution in [-0.2, 0) is 21.4 Å². The number of carbonyl (C=O) groups excluding carboxylic acids is 1. The van der Waals surface area contributed by atoms with E-state index in [1.807, 2.05) is 30.3 Å². The molecule has 1 N–H and O–H groups in total. The minimum absolute atomic E-state index is 0.0443. The Hall–Kier alpha value is -1.84. The summed E-state index contributed by atoms with van der Waals surface area (Å²) in [5.74, 6) is 0.0443. The molecule has 1 atom stereocenters. The van der Waals surface area contributed by atoms with Crippen LogP contribution in [0.5, 0.6) is 0 Å². The zero-order valence-electron chi connectivity index (χ0n) is 14.3. The molecule has 0 bridgehead atoms. The van der Waals surface area contributed by atoms with E-state index in [4.69, 9.17) is 16.3 Å². The molecule has 0 saturated carbocycles. The Morgan fingerprint density at radius 2 is 1.80 bits per heavy atom. The molecule has 1 saturated heterocycles. The summed E-state index contributed by atoms with van der Waals surface area (Å²) >= 11 is 5.90. The first-order chi connectivity index (χ1) is 12.2. The Morgan fingerprint density at radius 1 is 1.04 bits per heavy atom. The summed E-state index contributed by atoms with van der Waals surface area (Å²) in [6, 6.07) is 17.9. The number of hydrogen-bond acceptors (Lipinski definition) is 2. The van der Waals surface area contributed by atoms with E-state index in [9.17, 15) is 4.79 Å². The standard InChI is InChI=1S/C21H24ClNO2/c22-19-9-7-17(8-10-19)15-20(24)23-16-21(11-4-13-25-14-12-21)18-5-2-1-3-6-18/h1-3,5-10H,4,11-16H2,(H,23,24). The molecule has 0 radical (unpaired) electrons. The largest absolute Gasteiger partial charge is 0.381 e. The fourth-order valence-electron chi connectivity index (χ4n) is 3.48. The average molecular weight is 358 g/mol. The van der Waals surface area contributed by atoms with Crippen LogP contribution >= 0.6 is 11.6 Å². The lowest BCUT2D eigenvalue weighted by Crippen LogP contribution is -2.41. The van der Waals surface area contributed by atoms with Gasteiger partial charge in [0.2, 0.25) is 5.91 Å². The van der Waals surface area contributed by atoms with E-state index >= 15 is 0 Å². The van der Waals surface area contributed by atoms with Crippen molar-refractivity contribution in [3.8, 4) is 0 Å². The first-order valence-corrected chi connectivity index (χ1v) is 9.20. The molecule has 4 heteroatoms. The summed E-state index contributed by atoms with van der Waals surface area (Å²) in [4.78, 5) is 12.4. The second kappa shape index (κ2) is 8.50. The molecule has 2 aromatic carbocycles. The van der Waals surface area contributed by atoms with Gasteiger partial charge in [-0.25, -0.2) is 0 Å². The Bertz CT molecular complexity index is 677. The zero-order chi connectivity index (χ0) is 17.5. The summed E-state index contributed by atoms with van der Waals surface area (Å²) in [7, 11) is 0. The molecule has 3 rings (SSSR count). The number of hydrogen-bond donors (Lipinski definition) is 1. The first kappa shape index (κ1) is 18.0. The maximum Gasteiger partial charge on any atom is 0.224 e. The quantitative estimate of drug-likeness (QED) is 0.873. The molecule has 1 heterocycles. The van der Waals surface area contributed by atoms with Crippen molar-refractivity contribution < 1.29 is 9.53 Å². The molecule has 1 aliphatic rings. The van der Waals surface area contributed by atoms with Gasteiger partial charge < -0.3 is 10.1 Å². The second-order valence-electron chi connectivity index (χ2n) is 6.69. The van der Waals surface area contributed by atoms with E-state index in [1.54, 1.807) is 0 Å². The van der Waals surface area contributed by atoms with Crippen LogP contribution in [0.1, 0.15) is 30.4 Å². The van der Waals surface area contributed by atoms with Crippen molar-refractivity contribution >= 4 is 17.5 Å². The van der Waals surface area contributed by atoms with Gasteiger partial charge in [0.15, 0.2) is 0 Å². The van der Waals surface area contributed by atoms with E-state index in [2.05, 4.69) is 29.6 Å². The molecule has 1 aliphatic heterocycles. The van der Waals surface area contributed by atoms with Gasteiger partial charge in [-0.1, -0.05) is 54.1 Å². The Labute approximate surface area is 154 Å². The molecule has 0 spiro atoms. The Morgan fingerprint density at radius 3 is 2.56 bits per heavy atom. The number of benzene rings is 2. The topological polar surface area (TPSA) is 38.3 Å². The monoisotopic (exact) mass is 357 g/mol. The number of halogens is 1. The van der Waals surface area contributed by atoms with Crippen LogP contribution in [-0.4, -0.2) is 25.7 Å². The number of nitrogens with one attached hydrogen (secondary N) is 1. The third-order valence-electron chi connectivity index (χ3n) is 4.96. The van der Waals surface area contributed by atoms with Crippen LogP contribution in [0.15, 0.2) is 54.6 Å². The Balaban J connectivity index is 1.68. The summed E-state index contributed by atoms with van der Waals surface area (Å²) in [6.45, 7) is 2.18. The second-order valence-corrected chi connectivity index (χ2v) is 7.13. The van der Waals surface area contributed by atoms with Crippen molar-refractivity contribution in [3.63, 3.8) is 0 Å². The lowest BCUT2D eigenvalue weighted by Gasteiger charge is -2.33. The highest BCUT2D eigenvalue weighted by Gasteiger charge is 2.33. The smallest absolute Gasteiger partial charge is 0.224 e. The van der Waals surface area contributed by atoms with Gasteiger partial charge in [0.05, 0.1) is 6.42 Å². The summed E-state index contributed by atoms with van der Waals surface area (Å²) in [6.07, 6.45) is 3.34. The molecule has 1 amide bonds. The minimum atomic E-state index is -0.0482. The SMILES string of the molecule is O=C(Cc1ccc(Cl)cc1)NCC1(c2ccccc2)CCCOCC1. The third-order valence-corrected chi connectivity index (χ3v) is 5.21. The third kappa shape index (κ3) is 4.83. The predicted molar refractivity (Wildman–Crippen MR) is 101 cm³/mol. The van der Waals surface area contributed by atoms with E-state index in [-0.39, 0.29) is 11.3 Å². The first-order valence-electron chi connectivity index (χ1n) is 8.82. The zero-order valence-corrected chi connectivity index (χ0v) is 15.1. The maximum atomic E-state index is 12.4. The van der Waals surface area contributed by atoms with Gasteiger partial charge in [-0.2, -0.15) is 0 Å². The Kier molecular flexibility index (Phi) is 6.11. The molecule has 132 valence electrons. The normalized spacial score (nSPS) is 20.7. The number of carbonyl (C=O) groups is 1. The highest BCUT2D eigenvalue weighted by atomic mass is 35.5. The fourth-order valence-corrected chi connectivity index (χ4v) is 3.61. The lowest BCUT2D eigenvalue weighted by molar-refractivity contribution is -0.120. The molecule has 25 heavy (non-hydrogen) atoms. The molecule has 0 aliphatic carbocycles. The van der Waals surface area contributed by atoms with Crippen LogP contribution < -0.4 is 5.32 Å². The van der Waals surface area contributed by atoms with Gasteiger partial charge in [-0.05, 0) is 42.5 Å². The number of amides is 1. The molecule has 0 aromatic heterocycles. The van der Waals surface area contributed by atoms with Crippen molar-refractivity contribution in [2.75, 3.05) is 19.8 Å². The van der Waals surface area contributed by atoms with E-state index < -0.39 is 0 Å². The molecular formula is C21H24ClNO2. The summed E-state index contributed by atoms with van der Waals surface area (Å²) in [5, 5.41) is 3.84. The van der Waals surface area contributed by atoms with Gasteiger partial charge in [0, 0.05) is 30.2 Å². The van der Waals surface area contributed by atoms with Crippen LogP contribution in [0.2, 0.25) is 5.02 Å². The lowest BCUT2D eigenvalue weighted by atomic mass is 9.74. The summed E-state index contributed by atoms with van der Waals surface area (Å²) < 4.78 is 5.66. The highest BCUT2D eigenvalue weighted by molar-refractivity contribution is 6.30. The number of rotatable bonds is 5. The fraction of sp³-hybridized carbons (Fsp3) is 0.381. The van der Waals surface area contributed by atoms with Crippen LogP contribution in [0, 0.1) is 0 Å². The van der Waals surface area contributed by atoms with Crippen LogP contribution in [0.25, 0.3) is 0 Å². The van der Waals surface area contributed by atoms with Crippen molar-refractivity contribution in [1.29, 1.82) is 0 Å². The van der Waals surface area contributed by atoms with Gasteiger partial charge in [-0.3, -0.25) is 4.79 Å². The van der Waals surface area contributed by atoms with Crippen LogP contribution in [0.3, 0.4) is 0 Å². The maximum absolute atomic E-state index is 12.4. The van der Waals surface area contributed by atoms with Gasteiger partial charge in [0.1, 0.15) is 0 Å². The predicted octanol–water partition coefficient (Wildman–Crippen LogP) is 4.14. The van der Waals surface area contributed by atoms with E-state index in [0.29, 0.717) is 18.0 Å².